The summed E-state index contributed by atoms with van der Waals surface area (Å²) in [5.74, 6) is 0.708. The van der Waals surface area contributed by atoms with E-state index in [1.54, 1.807) is 24.3 Å². The highest BCUT2D eigenvalue weighted by Crippen LogP contribution is 2.25. The Kier molecular flexibility index (Phi) is 5.36. The number of benzene rings is 1. The van der Waals surface area contributed by atoms with Crippen LogP contribution >= 0.6 is 0 Å². The van der Waals surface area contributed by atoms with Crippen molar-refractivity contribution in [2.45, 2.75) is 31.6 Å². The van der Waals surface area contributed by atoms with Gasteiger partial charge in [0, 0.05) is 19.0 Å². The van der Waals surface area contributed by atoms with Crippen LogP contribution in [0.1, 0.15) is 48.8 Å². The predicted molar refractivity (Wildman–Crippen MR) is 92.4 cm³/mol. The Morgan fingerprint density at radius 1 is 1.38 bits per heavy atom. The summed E-state index contributed by atoms with van der Waals surface area (Å²) in [7, 11) is -3.56. The van der Waals surface area contributed by atoms with Gasteiger partial charge in [0.25, 0.3) is 0 Å². The average Bonchev–Trinajstić information content (AvgIpc) is 3.12. The van der Waals surface area contributed by atoms with Gasteiger partial charge in [-0.25, -0.2) is 8.42 Å². The first-order valence-corrected chi connectivity index (χ1v) is 9.91. The van der Waals surface area contributed by atoms with E-state index in [2.05, 4.69) is 10.2 Å². The first-order chi connectivity index (χ1) is 12.4. The van der Waals surface area contributed by atoms with Gasteiger partial charge in [-0.3, -0.25) is 0 Å². The molecule has 8 nitrogen and oxygen atoms in total. The molecule has 1 aliphatic heterocycles. The summed E-state index contributed by atoms with van der Waals surface area (Å²) < 4.78 is 38.1. The molecule has 26 heavy (non-hydrogen) atoms. The summed E-state index contributed by atoms with van der Waals surface area (Å²) in [5.41, 5.74) is 1.01. The van der Waals surface area contributed by atoms with E-state index in [1.165, 1.54) is 4.31 Å². The van der Waals surface area contributed by atoms with Gasteiger partial charge >= 0.3 is 0 Å². The molecular weight excluding hydrogens is 356 g/mol. The fraction of sp³-hybridized carbons (Fsp3) is 0.471. The average molecular weight is 376 g/mol. The minimum atomic E-state index is -3.56. The molecule has 0 spiro atoms. The van der Waals surface area contributed by atoms with E-state index in [4.69, 9.17) is 14.4 Å². The smallest absolute Gasteiger partial charge is 0.246 e. The SMILES string of the molecule is CC(C)c1nnc(C2CN(S(=O)(=O)Cc3cccc(C#N)c3)CCO2)o1. The van der Waals surface area contributed by atoms with Crippen molar-refractivity contribution in [3.05, 3.63) is 47.2 Å². The highest BCUT2D eigenvalue weighted by Gasteiger charge is 2.33. The molecule has 3 rings (SSSR count). The van der Waals surface area contributed by atoms with Crippen LogP contribution in [0.3, 0.4) is 0 Å². The van der Waals surface area contributed by atoms with Gasteiger partial charge in [-0.05, 0) is 17.7 Å². The predicted octanol–water partition coefficient (Wildman–Crippen LogP) is 1.97. The summed E-state index contributed by atoms with van der Waals surface area (Å²) >= 11 is 0. The lowest BCUT2D eigenvalue weighted by atomic mass is 10.2. The number of aromatic nitrogens is 2. The van der Waals surface area contributed by atoms with Crippen molar-refractivity contribution in [3.63, 3.8) is 0 Å². The second kappa shape index (κ2) is 7.53. The first kappa shape index (κ1) is 18.5. The van der Waals surface area contributed by atoms with Crippen molar-refractivity contribution < 1.29 is 17.6 Å². The third-order valence-electron chi connectivity index (χ3n) is 4.05. The maximum atomic E-state index is 12.8. The number of hydrogen-bond donors (Lipinski definition) is 0. The van der Waals surface area contributed by atoms with Crippen LogP contribution < -0.4 is 0 Å². The van der Waals surface area contributed by atoms with Crippen LogP contribution in [0.5, 0.6) is 0 Å². The molecule has 0 bridgehead atoms. The van der Waals surface area contributed by atoms with E-state index in [1.807, 2.05) is 19.9 Å². The highest BCUT2D eigenvalue weighted by atomic mass is 32.2. The normalized spacial score (nSPS) is 18.8. The molecule has 1 aliphatic rings. The zero-order valence-electron chi connectivity index (χ0n) is 14.6. The maximum absolute atomic E-state index is 12.8. The fourth-order valence-electron chi connectivity index (χ4n) is 2.67. The van der Waals surface area contributed by atoms with Crippen LogP contribution in [0, 0.1) is 11.3 Å². The molecular formula is C17H20N4O4S. The lowest BCUT2D eigenvalue weighted by molar-refractivity contribution is -0.0179. The molecule has 1 unspecified atom stereocenters. The van der Waals surface area contributed by atoms with Crippen molar-refractivity contribution in [1.29, 1.82) is 5.26 Å². The van der Waals surface area contributed by atoms with Crippen LogP contribution in [0.15, 0.2) is 28.7 Å². The lowest BCUT2D eigenvalue weighted by Crippen LogP contribution is -2.42. The Bertz CT molecular complexity index is 917. The molecule has 2 heterocycles. The second-order valence-corrected chi connectivity index (χ2v) is 8.39. The van der Waals surface area contributed by atoms with E-state index in [-0.39, 0.29) is 31.4 Å². The van der Waals surface area contributed by atoms with Crippen LogP contribution in [0.4, 0.5) is 0 Å². The Labute approximate surface area is 152 Å². The first-order valence-electron chi connectivity index (χ1n) is 8.31. The minimum Gasteiger partial charge on any atom is -0.422 e. The molecule has 1 aromatic carbocycles. The molecule has 1 fully saturated rings. The van der Waals surface area contributed by atoms with Gasteiger partial charge in [-0.15, -0.1) is 10.2 Å². The van der Waals surface area contributed by atoms with E-state index >= 15 is 0 Å². The quantitative estimate of drug-likeness (QED) is 0.784. The van der Waals surface area contributed by atoms with Crippen molar-refractivity contribution in [2.75, 3.05) is 19.7 Å². The van der Waals surface area contributed by atoms with E-state index in [9.17, 15) is 8.42 Å². The molecule has 1 aromatic heterocycles. The molecule has 0 N–H and O–H groups in total. The van der Waals surface area contributed by atoms with Crippen LogP contribution in [0.2, 0.25) is 0 Å². The molecule has 138 valence electrons. The largest absolute Gasteiger partial charge is 0.422 e. The van der Waals surface area contributed by atoms with Gasteiger partial charge in [0.05, 0.1) is 24.0 Å². The minimum absolute atomic E-state index is 0.0899. The van der Waals surface area contributed by atoms with Gasteiger partial charge in [-0.2, -0.15) is 9.57 Å². The standard InChI is InChI=1S/C17H20N4O4S/c1-12(2)16-19-20-17(25-16)15-10-21(6-7-24-15)26(22,23)11-14-5-3-4-13(8-14)9-18/h3-5,8,12,15H,6-7,10-11H2,1-2H3. The number of nitriles is 1. The van der Waals surface area contributed by atoms with Gasteiger partial charge in [-0.1, -0.05) is 26.0 Å². The van der Waals surface area contributed by atoms with Crippen molar-refractivity contribution in [1.82, 2.24) is 14.5 Å². The number of morpholine rings is 1. The summed E-state index contributed by atoms with van der Waals surface area (Å²) in [6, 6.07) is 8.62. The zero-order valence-corrected chi connectivity index (χ0v) is 15.4. The van der Waals surface area contributed by atoms with Crippen LogP contribution in [-0.4, -0.2) is 42.6 Å². The highest BCUT2D eigenvalue weighted by molar-refractivity contribution is 7.88. The summed E-state index contributed by atoms with van der Waals surface area (Å²) in [4.78, 5) is 0. The van der Waals surface area contributed by atoms with Gasteiger partial charge < -0.3 is 9.15 Å². The summed E-state index contributed by atoms with van der Waals surface area (Å²) in [6.07, 6.45) is -0.580. The van der Waals surface area contributed by atoms with Gasteiger partial charge in [0.2, 0.25) is 21.8 Å². The monoisotopic (exact) mass is 376 g/mol. The van der Waals surface area contributed by atoms with Crippen molar-refractivity contribution >= 4 is 10.0 Å². The molecule has 1 saturated heterocycles. The Morgan fingerprint density at radius 3 is 2.88 bits per heavy atom. The zero-order chi connectivity index (χ0) is 18.7. The fourth-order valence-corrected chi connectivity index (χ4v) is 4.17. The lowest BCUT2D eigenvalue weighted by Gasteiger charge is -2.30. The summed E-state index contributed by atoms with van der Waals surface area (Å²) in [5, 5.41) is 16.9. The number of rotatable bonds is 5. The van der Waals surface area contributed by atoms with Gasteiger partial charge in [0.1, 0.15) is 6.10 Å². The third kappa shape index (κ3) is 4.09. The molecule has 2 aromatic rings. The topological polar surface area (TPSA) is 109 Å². The molecule has 1 atom stereocenters. The van der Waals surface area contributed by atoms with Gasteiger partial charge in [0.15, 0.2) is 0 Å². The number of hydrogen-bond acceptors (Lipinski definition) is 7. The molecule has 0 saturated carbocycles. The maximum Gasteiger partial charge on any atom is 0.246 e. The Hall–Kier alpha value is -2.28. The Balaban J connectivity index is 1.74. The second-order valence-electron chi connectivity index (χ2n) is 6.42. The third-order valence-corrected chi connectivity index (χ3v) is 5.87. The molecule has 0 amide bonds. The number of nitrogens with zero attached hydrogens (tertiary/aromatic N) is 4. The van der Waals surface area contributed by atoms with E-state index < -0.39 is 16.1 Å². The van der Waals surface area contributed by atoms with E-state index in [0.717, 1.165) is 0 Å². The number of sulfonamides is 1. The van der Waals surface area contributed by atoms with E-state index in [0.29, 0.717) is 22.9 Å². The molecule has 0 radical (unpaired) electrons. The van der Waals surface area contributed by atoms with Crippen LogP contribution in [0.25, 0.3) is 0 Å². The van der Waals surface area contributed by atoms with Crippen LogP contribution in [-0.2, 0) is 20.5 Å². The van der Waals surface area contributed by atoms with Crippen molar-refractivity contribution in [3.8, 4) is 6.07 Å². The molecule has 9 heteroatoms. The molecule has 0 aliphatic carbocycles. The van der Waals surface area contributed by atoms with Crippen molar-refractivity contribution in [2.24, 2.45) is 0 Å². The summed E-state index contributed by atoms with van der Waals surface area (Å²) in [6.45, 7) is 4.51. The number of ether oxygens (including phenoxy) is 1. The Morgan fingerprint density at radius 2 is 2.19 bits per heavy atom.